The zero-order valence-corrected chi connectivity index (χ0v) is 17.6. The molecule has 0 radical (unpaired) electrons. The highest BCUT2D eigenvalue weighted by molar-refractivity contribution is 6.30. The maximum Gasteiger partial charge on any atom is 0.0406 e. The van der Waals surface area contributed by atoms with Gasteiger partial charge in [0.25, 0.3) is 0 Å². The van der Waals surface area contributed by atoms with E-state index in [1.165, 1.54) is 27.8 Å². The topological polar surface area (TPSA) is 25.8 Å². The SMILES string of the molecule is Cc1ccc(C2C(c3ccncc3)C(c3ccncc3)C2c2ccc(Cl)cc2)cc1. The number of aryl methyl sites for hydroxylation is 1. The monoisotopic (exact) mass is 410 g/mol. The van der Waals surface area contributed by atoms with Crippen molar-refractivity contribution in [2.45, 2.75) is 30.6 Å². The summed E-state index contributed by atoms with van der Waals surface area (Å²) in [4.78, 5) is 8.51. The first-order chi connectivity index (χ1) is 14.7. The Morgan fingerprint density at radius 1 is 0.500 bits per heavy atom. The summed E-state index contributed by atoms with van der Waals surface area (Å²) in [6, 6.07) is 26.1. The Bertz CT molecular complexity index is 1020. The third kappa shape index (κ3) is 3.42. The van der Waals surface area contributed by atoms with Gasteiger partial charge in [0.2, 0.25) is 0 Å². The Labute approximate surface area is 182 Å². The van der Waals surface area contributed by atoms with Crippen molar-refractivity contribution in [3.8, 4) is 0 Å². The number of pyridine rings is 2. The summed E-state index contributed by atoms with van der Waals surface area (Å²) in [7, 11) is 0. The number of benzene rings is 2. The highest BCUT2D eigenvalue weighted by atomic mass is 35.5. The van der Waals surface area contributed by atoms with E-state index in [9.17, 15) is 0 Å². The van der Waals surface area contributed by atoms with Crippen LogP contribution in [0.1, 0.15) is 51.5 Å². The minimum atomic E-state index is 0.364. The molecular weight excluding hydrogens is 388 g/mol. The van der Waals surface area contributed by atoms with E-state index in [0.29, 0.717) is 23.7 Å². The van der Waals surface area contributed by atoms with Crippen LogP contribution in [0.25, 0.3) is 0 Å². The van der Waals surface area contributed by atoms with E-state index in [1.54, 1.807) is 0 Å². The van der Waals surface area contributed by atoms with Gasteiger partial charge in [-0.2, -0.15) is 0 Å². The van der Waals surface area contributed by atoms with Crippen LogP contribution in [-0.4, -0.2) is 9.97 Å². The lowest BCUT2D eigenvalue weighted by Crippen LogP contribution is -2.40. The molecule has 1 aliphatic carbocycles. The lowest BCUT2D eigenvalue weighted by Gasteiger charge is -2.53. The smallest absolute Gasteiger partial charge is 0.0406 e. The predicted molar refractivity (Wildman–Crippen MR) is 122 cm³/mol. The maximum atomic E-state index is 6.21. The van der Waals surface area contributed by atoms with Crippen molar-refractivity contribution in [2.75, 3.05) is 0 Å². The van der Waals surface area contributed by atoms with Crippen LogP contribution in [0.5, 0.6) is 0 Å². The van der Waals surface area contributed by atoms with Crippen LogP contribution >= 0.6 is 11.6 Å². The molecule has 2 aromatic carbocycles. The number of hydrogen-bond acceptors (Lipinski definition) is 2. The van der Waals surface area contributed by atoms with Crippen molar-refractivity contribution in [3.05, 3.63) is 130 Å². The predicted octanol–water partition coefficient (Wildman–Crippen LogP) is 6.89. The second kappa shape index (κ2) is 8.04. The molecule has 1 saturated carbocycles. The van der Waals surface area contributed by atoms with Gasteiger partial charge in [-0.15, -0.1) is 0 Å². The summed E-state index contributed by atoms with van der Waals surface area (Å²) in [6.45, 7) is 2.14. The summed E-state index contributed by atoms with van der Waals surface area (Å²) in [5, 5.41) is 0.774. The molecule has 2 aromatic heterocycles. The fraction of sp³-hybridized carbons (Fsp3) is 0.185. The molecule has 1 fully saturated rings. The van der Waals surface area contributed by atoms with Gasteiger partial charge in [0, 0.05) is 29.8 Å². The summed E-state index contributed by atoms with van der Waals surface area (Å²) in [5.74, 6) is 1.49. The molecule has 4 aromatic rings. The van der Waals surface area contributed by atoms with Gasteiger partial charge in [0.1, 0.15) is 0 Å². The molecule has 1 aliphatic rings. The molecule has 148 valence electrons. The van der Waals surface area contributed by atoms with E-state index in [2.05, 4.69) is 77.6 Å². The third-order valence-electron chi connectivity index (χ3n) is 6.45. The Morgan fingerprint density at radius 3 is 1.23 bits per heavy atom. The van der Waals surface area contributed by atoms with Gasteiger partial charge < -0.3 is 0 Å². The zero-order valence-electron chi connectivity index (χ0n) is 16.8. The fourth-order valence-corrected chi connectivity index (χ4v) is 5.18. The summed E-state index contributed by atoms with van der Waals surface area (Å²) >= 11 is 6.21. The first-order valence-electron chi connectivity index (χ1n) is 10.3. The molecule has 2 heterocycles. The highest BCUT2D eigenvalue weighted by Crippen LogP contribution is 2.66. The molecule has 0 amide bonds. The number of halogens is 1. The molecule has 4 atom stereocenters. The van der Waals surface area contributed by atoms with Crippen LogP contribution in [0.4, 0.5) is 0 Å². The van der Waals surface area contributed by atoms with Gasteiger partial charge in [0.05, 0.1) is 0 Å². The van der Waals surface area contributed by atoms with Gasteiger partial charge in [-0.1, -0.05) is 53.6 Å². The number of rotatable bonds is 4. The molecule has 0 bridgehead atoms. The number of nitrogens with zero attached hydrogens (tertiary/aromatic N) is 2. The van der Waals surface area contributed by atoms with E-state index in [1.807, 2.05) is 36.9 Å². The summed E-state index contributed by atoms with van der Waals surface area (Å²) in [5.41, 5.74) is 6.66. The van der Waals surface area contributed by atoms with Crippen molar-refractivity contribution in [2.24, 2.45) is 0 Å². The van der Waals surface area contributed by atoms with Crippen molar-refractivity contribution >= 4 is 11.6 Å². The number of aromatic nitrogens is 2. The van der Waals surface area contributed by atoms with E-state index in [4.69, 9.17) is 11.6 Å². The second-order valence-corrected chi connectivity index (χ2v) is 8.56. The molecule has 3 heteroatoms. The summed E-state index contributed by atoms with van der Waals surface area (Å²) < 4.78 is 0. The molecule has 0 saturated heterocycles. The molecule has 5 rings (SSSR count). The van der Waals surface area contributed by atoms with Crippen molar-refractivity contribution < 1.29 is 0 Å². The zero-order chi connectivity index (χ0) is 20.5. The second-order valence-electron chi connectivity index (χ2n) is 8.13. The Morgan fingerprint density at radius 2 is 0.833 bits per heavy atom. The quantitative estimate of drug-likeness (QED) is 0.366. The lowest BCUT2D eigenvalue weighted by molar-refractivity contribution is 0.228. The molecule has 30 heavy (non-hydrogen) atoms. The largest absolute Gasteiger partial charge is 0.265 e. The molecule has 4 unspecified atom stereocenters. The normalized spacial score (nSPS) is 23.0. The molecule has 2 nitrogen and oxygen atoms in total. The van der Waals surface area contributed by atoms with Gasteiger partial charge in [-0.05, 0) is 89.2 Å². The van der Waals surface area contributed by atoms with Crippen molar-refractivity contribution in [1.29, 1.82) is 0 Å². The maximum absolute atomic E-state index is 6.21. The Balaban J connectivity index is 1.67. The fourth-order valence-electron chi connectivity index (χ4n) is 5.05. The standard InChI is InChI=1S/C27H23ClN2/c1-18-2-4-19(5-3-18)24-25(20-6-8-23(28)9-7-20)27(22-12-16-30-17-13-22)26(24)21-10-14-29-15-11-21/h2-17,24-27H,1H3. The number of hydrogen-bond donors (Lipinski definition) is 0. The summed E-state index contributed by atoms with van der Waals surface area (Å²) in [6.07, 6.45) is 7.61. The Kier molecular flexibility index (Phi) is 5.10. The van der Waals surface area contributed by atoms with Gasteiger partial charge >= 0.3 is 0 Å². The molecule has 0 spiro atoms. The first-order valence-corrected chi connectivity index (χ1v) is 10.7. The minimum absolute atomic E-state index is 0.364. The van der Waals surface area contributed by atoms with Crippen molar-refractivity contribution in [1.82, 2.24) is 9.97 Å². The Hall–Kier alpha value is -2.97. The van der Waals surface area contributed by atoms with E-state index in [-0.39, 0.29) is 0 Å². The van der Waals surface area contributed by atoms with E-state index in [0.717, 1.165) is 5.02 Å². The van der Waals surface area contributed by atoms with Gasteiger partial charge in [-0.25, -0.2) is 0 Å². The molecular formula is C27H23ClN2. The van der Waals surface area contributed by atoms with Crippen LogP contribution in [0.3, 0.4) is 0 Å². The molecule has 0 N–H and O–H groups in total. The first kappa shape index (κ1) is 19.0. The minimum Gasteiger partial charge on any atom is -0.265 e. The average molecular weight is 411 g/mol. The van der Waals surface area contributed by atoms with E-state index < -0.39 is 0 Å². The lowest BCUT2D eigenvalue weighted by atomic mass is 9.49. The van der Waals surface area contributed by atoms with Crippen molar-refractivity contribution in [3.63, 3.8) is 0 Å². The third-order valence-corrected chi connectivity index (χ3v) is 6.70. The van der Waals surface area contributed by atoms with Gasteiger partial charge in [-0.3, -0.25) is 9.97 Å². The van der Waals surface area contributed by atoms with Crippen LogP contribution in [0.15, 0.2) is 97.6 Å². The van der Waals surface area contributed by atoms with Crippen LogP contribution in [0, 0.1) is 6.92 Å². The molecule has 0 aliphatic heterocycles. The van der Waals surface area contributed by atoms with E-state index >= 15 is 0 Å². The van der Waals surface area contributed by atoms with Crippen LogP contribution in [-0.2, 0) is 0 Å². The van der Waals surface area contributed by atoms with Gasteiger partial charge in [0.15, 0.2) is 0 Å². The highest BCUT2D eigenvalue weighted by Gasteiger charge is 2.52. The van der Waals surface area contributed by atoms with Crippen LogP contribution < -0.4 is 0 Å². The van der Waals surface area contributed by atoms with Crippen LogP contribution in [0.2, 0.25) is 5.02 Å². The average Bonchev–Trinajstić information content (AvgIpc) is 2.77.